The van der Waals surface area contributed by atoms with Crippen molar-refractivity contribution in [2.75, 3.05) is 7.11 Å². The summed E-state index contributed by atoms with van der Waals surface area (Å²) in [6.07, 6.45) is -4.85. The van der Waals surface area contributed by atoms with E-state index in [-0.39, 0.29) is 11.1 Å². The van der Waals surface area contributed by atoms with E-state index in [1.165, 1.54) is 31.4 Å². The molecule has 0 spiro atoms. The van der Waals surface area contributed by atoms with Gasteiger partial charge in [0.2, 0.25) is 0 Å². The van der Waals surface area contributed by atoms with Gasteiger partial charge in [-0.2, -0.15) is 13.2 Å². The number of methoxy groups -OCH3 is 1. The SMILES string of the molecule is COc1ccc(C(=O)c2ccc(F)c(C(F)(F)F)c2)cc1. The van der Waals surface area contributed by atoms with Gasteiger partial charge in [0.1, 0.15) is 11.6 Å². The van der Waals surface area contributed by atoms with E-state index in [1.54, 1.807) is 0 Å². The highest BCUT2D eigenvalue weighted by Crippen LogP contribution is 2.32. The van der Waals surface area contributed by atoms with E-state index in [2.05, 4.69) is 0 Å². The zero-order chi connectivity index (χ0) is 15.6. The molecule has 0 aliphatic rings. The van der Waals surface area contributed by atoms with Gasteiger partial charge in [-0.3, -0.25) is 4.79 Å². The summed E-state index contributed by atoms with van der Waals surface area (Å²) in [5, 5.41) is 0. The monoisotopic (exact) mass is 298 g/mol. The van der Waals surface area contributed by atoms with Crippen molar-refractivity contribution in [2.45, 2.75) is 6.18 Å². The van der Waals surface area contributed by atoms with Crippen LogP contribution in [0.4, 0.5) is 17.6 Å². The Bertz CT molecular complexity index is 660. The summed E-state index contributed by atoms with van der Waals surface area (Å²) in [5.41, 5.74) is -1.49. The first kappa shape index (κ1) is 15.0. The molecular formula is C15H10F4O2. The van der Waals surface area contributed by atoms with Crippen molar-refractivity contribution >= 4 is 5.78 Å². The van der Waals surface area contributed by atoms with Crippen LogP contribution < -0.4 is 4.74 Å². The number of hydrogen-bond donors (Lipinski definition) is 0. The van der Waals surface area contributed by atoms with E-state index in [0.29, 0.717) is 17.9 Å². The number of ketones is 1. The molecule has 0 unspecified atom stereocenters. The van der Waals surface area contributed by atoms with Gasteiger partial charge < -0.3 is 4.74 Å². The van der Waals surface area contributed by atoms with Gasteiger partial charge in [-0.05, 0) is 42.5 Å². The van der Waals surface area contributed by atoms with Crippen LogP contribution in [0.25, 0.3) is 0 Å². The Labute approximate surface area is 118 Å². The average Bonchev–Trinajstić information content (AvgIpc) is 2.46. The molecule has 0 amide bonds. The molecule has 0 fully saturated rings. The lowest BCUT2D eigenvalue weighted by Gasteiger charge is -2.10. The molecule has 0 aromatic heterocycles. The predicted molar refractivity (Wildman–Crippen MR) is 67.8 cm³/mol. The number of halogens is 4. The molecule has 0 saturated heterocycles. The second kappa shape index (κ2) is 5.55. The fourth-order valence-corrected chi connectivity index (χ4v) is 1.79. The number of rotatable bonds is 3. The summed E-state index contributed by atoms with van der Waals surface area (Å²) in [7, 11) is 1.45. The van der Waals surface area contributed by atoms with Crippen LogP contribution in [-0.4, -0.2) is 12.9 Å². The predicted octanol–water partition coefficient (Wildman–Crippen LogP) is 4.08. The van der Waals surface area contributed by atoms with Crippen LogP contribution in [0.1, 0.15) is 21.5 Å². The lowest BCUT2D eigenvalue weighted by atomic mass is 10.0. The molecule has 0 saturated carbocycles. The number of hydrogen-bond acceptors (Lipinski definition) is 2. The van der Waals surface area contributed by atoms with E-state index in [4.69, 9.17) is 4.74 Å². The van der Waals surface area contributed by atoms with E-state index in [9.17, 15) is 22.4 Å². The van der Waals surface area contributed by atoms with Gasteiger partial charge in [-0.15, -0.1) is 0 Å². The van der Waals surface area contributed by atoms with Gasteiger partial charge in [0.25, 0.3) is 0 Å². The highest BCUT2D eigenvalue weighted by atomic mass is 19.4. The molecule has 6 heteroatoms. The van der Waals surface area contributed by atoms with Crippen molar-refractivity contribution in [3.63, 3.8) is 0 Å². The molecule has 0 N–H and O–H groups in total. The number of ether oxygens (including phenoxy) is 1. The minimum absolute atomic E-state index is 0.190. The topological polar surface area (TPSA) is 26.3 Å². The standard InChI is InChI=1S/C15H10F4O2/c1-21-11-5-2-9(3-6-11)14(20)10-4-7-13(16)12(8-10)15(17,18)19/h2-8H,1H3. The van der Waals surface area contributed by atoms with E-state index in [0.717, 1.165) is 6.07 Å². The lowest BCUT2D eigenvalue weighted by Crippen LogP contribution is -2.11. The van der Waals surface area contributed by atoms with Gasteiger partial charge in [0.05, 0.1) is 12.7 Å². The Morgan fingerprint density at radius 1 is 1.00 bits per heavy atom. The molecule has 2 aromatic carbocycles. The van der Waals surface area contributed by atoms with Gasteiger partial charge >= 0.3 is 6.18 Å². The molecular weight excluding hydrogens is 288 g/mol. The van der Waals surface area contributed by atoms with Crippen molar-refractivity contribution < 1.29 is 27.1 Å². The molecule has 0 atom stereocenters. The minimum Gasteiger partial charge on any atom is -0.497 e. The van der Waals surface area contributed by atoms with Crippen LogP contribution in [0.5, 0.6) is 5.75 Å². The fraction of sp³-hybridized carbons (Fsp3) is 0.133. The fourth-order valence-electron chi connectivity index (χ4n) is 1.79. The molecule has 2 rings (SSSR count). The van der Waals surface area contributed by atoms with Crippen LogP contribution in [0.3, 0.4) is 0 Å². The van der Waals surface area contributed by atoms with Crippen molar-refractivity contribution in [3.05, 3.63) is 65.0 Å². The first-order valence-corrected chi connectivity index (χ1v) is 5.88. The van der Waals surface area contributed by atoms with Crippen molar-refractivity contribution in [3.8, 4) is 5.75 Å². The van der Waals surface area contributed by atoms with Crippen LogP contribution >= 0.6 is 0 Å². The summed E-state index contributed by atoms with van der Waals surface area (Å²) in [6.45, 7) is 0. The Hall–Kier alpha value is -2.37. The van der Waals surface area contributed by atoms with Crippen LogP contribution in [0.15, 0.2) is 42.5 Å². The third-order valence-electron chi connectivity index (χ3n) is 2.89. The molecule has 0 heterocycles. The second-order valence-electron chi connectivity index (χ2n) is 4.25. The van der Waals surface area contributed by atoms with Gasteiger partial charge in [-0.1, -0.05) is 0 Å². The molecule has 0 aliphatic carbocycles. The highest BCUT2D eigenvalue weighted by molar-refractivity contribution is 6.09. The van der Waals surface area contributed by atoms with Crippen molar-refractivity contribution in [2.24, 2.45) is 0 Å². The molecule has 0 aliphatic heterocycles. The Morgan fingerprint density at radius 2 is 1.57 bits per heavy atom. The number of alkyl halides is 3. The quantitative estimate of drug-likeness (QED) is 0.630. The van der Waals surface area contributed by atoms with E-state index in [1.807, 2.05) is 0 Å². The van der Waals surface area contributed by atoms with Gasteiger partial charge in [0, 0.05) is 11.1 Å². The largest absolute Gasteiger partial charge is 0.497 e. The molecule has 0 radical (unpaired) electrons. The Morgan fingerprint density at radius 3 is 2.10 bits per heavy atom. The molecule has 110 valence electrons. The zero-order valence-corrected chi connectivity index (χ0v) is 10.9. The third kappa shape index (κ3) is 3.21. The minimum atomic E-state index is -4.85. The smallest absolute Gasteiger partial charge is 0.419 e. The maximum atomic E-state index is 13.2. The summed E-state index contributed by atoms with van der Waals surface area (Å²) in [5.74, 6) is -1.52. The lowest BCUT2D eigenvalue weighted by molar-refractivity contribution is -0.140. The summed E-state index contributed by atoms with van der Waals surface area (Å²) in [6, 6.07) is 8.07. The number of benzene rings is 2. The third-order valence-corrected chi connectivity index (χ3v) is 2.89. The Balaban J connectivity index is 2.39. The molecule has 0 bridgehead atoms. The number of carbonyl (C=O) groups is 1. The maximum Gasteiger partial charge on any atom is 0.419 e. The van der Waals surface area contributed by atoms with Crippen LogP contribution in [-0.2, 0) is 6.18 Å². The maximum absolute atomic E-state index is 13.2. The molecule has 2 aromatic rings. The normalized spacial score (nSPS) is 11.3. The van der Waals surface area contributed by atoms with Crippen LogP contribution in [0, 0.1) is 5.82 Å². The number of carbonyl (C=O) groups excluding carboxylic acids is 1. The van der Waals surface area contributed by atoms with Crippen LogP contribution in [0.2, 0.25) is 0 Å². The molecule has 2 nitrogen and oxygen atoms in total. The van der Waals surface area contributed by atoms with E-state index < -0.39 is 23.3 Å². The average molecular weight is 298 g/mol. The second-order valence-corrected chi connectivity index (χ2v) is 4.25. The van der Waals surface area contributed by atoms with Crippen molar-refractivity contribution in [1.29, 1.82) is 0 Å². The first-order valence-electron chi connectivity index (χ1n) is 5.88. The molecule has 21 heavy (non-hydrogen) atoms. The van der Waals surface area contributed by atoms with Gasteiger partial charge in [-0.25, -0.2) is 4.39 Å². The summed E-state index contributed by atoms with van der Waals surface area (Å²) in [4.78, 5) is 12.1. The summed E-state index contributed by atoms with van der Waals surface area (Å²) >= 11 is 0. The summed E-state index contributed by atoms with van der Waals surface area (Å²) < 4.78 is 56.0. The zero-order valence-electron chi connectivity index (χ0n) is 10.9. The Kier molecular flexibility index (Phi) is 3.97. The van der Waals surface area contributed by atoms with E-state index >= 15 is 0 Å². The van der Waals surface area contributed by atoms with Crippen molar-refractivity contribution in [1.82, 2.24) is 0 Å². The van der Waals surface area contributed by atoms with Gasteiger partial charge in [0.15, 0.2) is 5.78 Å². The highest BCUT2D eigenvalue weighted by Gasteiger charge is 2.34. The first-order chi connectivity index (χ1) is 9.82.